The molecule has 0 aliphatic rings. The molecule has 0 radical (unpaired) electrons. The Morgan fingerprint density at radius 1 is 0.400 bits per heavy atom. The fourth-order valence-corrected chi connectivity index (χ4v) is 2.10. The first-order chi connectivity index (χ1) is 16.9. The van der Waals surface area contributed by atoms with E-state index in [0.717, 1.165) is 0 Å². The Morgan fingerprint density at radius 2 is 0.600 bits per heavy atom. The van der Waals surface area contributed by atoms with E-state index >= 15 is 0 Å². The molecule has 0 atom stereocenters. The molecule has 0 rings (SSSR count). The maximum absolute atomic E-state index is 13.5. The summed E-state index contributed by atoms with van der Waals surface area (Å²) in [4.78, 5) is 11.3. The van der Waals surface area contributed by atoms with Crippen molar-refractivity contribution in [1.82, 2.24) is 0 Å². The summed E-state index contributed by atoms with van der Waals surface area (Å²) in [5.41, 5.74) is 0. The molecule has 0 aromatic heterocycles. The summed E-state index contributed by atoms with van der Waals surface area (Å²) >= 11 is 0. The van der Waals surface area contributed by atoms with E-state index in [1.165, 1.54) is 4.94 Å². The lowest BCUT2D eigenvalue weighted by molar-refractivity contribution is -0.475. The molecular weight excluding hydrogens is 663 g/mol. The second-order valence-electron chi connectivity index (χ2n) is 7.03. The standard InChI is InChI=1S/C13HF25O2/c14-1(15)3(16,17)5(20,21)7(24,25)9(28,29)11(32,33)13(36,37)12(34,35)10(30,31)8(26,27)6(22,23)4(18,19)2(39)40-38/h1H. The number of alkyl halides is 24. The molecule has 0 amide bonds. The van der Waals surface area contributed by atoms with Crippen LogP contribution in [0.15, 0.2) is 0 Å². The quantitative estimate of drug-likeness (QED) is 0.201. The first-order valence-electron chi connectivity index (χ1n) is 8.20. The van der Waals surface area contributed by atoms with E-state index in [0.29, 0.717) is 0 Å². The fraction of sp³-hybridized carbons (Fsp3) is 0.923. The van der Waals surface area contributed by atoms with Gasteiger partial charge in [-0.05, 0) is 0 Å². The predicted molar refractivity (Wildman–Crippen MR) is 67.6 cm³/mol. The Labute approximate surface area is 198 Å². The summed E-state index contributed by atoms with van der Waals surface area (Å²) in [5, 5.41) is 0. The van der Waals surface area contributed by atoms with Gasteiger partial charge in [-0.25, -0.2) is 18.5 Å². The van der Waals surface area contributed by atoms with E-state index in [1.54, 1.807) is 0 Å². The highest BCUT2D eigenvalue weighted by atomic mass is 19.4. The van der Waals surface area contributed by atoms with Crippen LogP contribution in [0.25, 0.3) is 0 Å². The van der Waals surface area contributed by atoms with Gasteiger partial charge >= 0.3 is 77.5 Å². The predicted octanol–water partition coefficient (Wildman–Crippen LogP) is 7.67. The van der Waals surface area contributed by atoms with Crippen LogP contribution in [-0.2, 0) is 9.74 Å². The molecule has 0 spiro atoms. The van der Waals surface area contributed by atoms with Gasteiger partial charge in [0.25, 0.3) is 0 Å². The Balaban J connectivity index is 7.32. The molecule has 0 saturated heterocycles. The fourth-order valence-electron chi connectivity index (χ4n) is 2.10. The molecule has 27 heteroatoms. The summed E-state index contributed by atoms with van der Waals surface area (Å²) in [7, 11) is 0. The molecule has 0 aliphatic heterocycles. The minimum absolute atomic E-state index is 1.20. The van der Waals surface area contributed by atoms with Crippen LogP contribution in [0.1, 0.15) is 0 Å². The van der Waals surface area contributed by atoms with Gasteiger partial charge in [-0.15, -0.1) is 0 Å². The van der Waals surface area contributed by atoms with Crippen molar-refractivity contribution in [1.29, 1.82) is 0 Å². The van der Waals surface area contributed by atoms with Gasteiger partial charge in [-0.3, -0.25) is 0 Å². The Bertz CT molecular complexity index is 946. The molecule has 0 unspecified atom stereocenters. The average molecular weight is 664 g/mol. The largest absolute Gasteiger partial charge is 0.424 e. The Hall–Kier alpha value is -2.28. The Kier molecular flexibility index (Phi) is 8.83. The van der Waals surface area contributed by atoms with Gasteiger partial charge in [-0.1, -0.05) is 0 Å². The van der Waals surface area contributed by atoms with Crippen LogP contribution >= 0.6 is 0 Å². The lowest BCUT2D eigenvalue weighted by Gasteiger charge is -2.45. The molecule has 0 bridgehead atoms. The summed E-state index contributed by atoms with van der Waals surface area (Å²) in [6.45, 7) is 0. The van der Waals surface area contributed by atoms with E-state index in [4.69, 9.17) is 0 Å². The topological polar surface area (TPSA) is 26.3 Å². The van der Waals surface area contributed by atoms with E-state index in [2.05, 4.69) is 0 Å². The number of carbonyl (C=O) groups excluding carboxylic acids is 1. The van der Waals surface area contributed by atoms with Gasteiger partial charge in [0.2, 0.25) is 0 Å². The summed E-state index contributed by atoms with van der Waals surface area (Å²) in [6.07, 6.45) is -6.30. The zero-order valence-corrected chi connectivity index (χ0v) is 16.8. The zero-order chi connectivity index (χ0) is 33.4. The van der Waals surface area contributed by atoms with Crippen molar-refractivity contribution in [3.8, 4) is 0 Å². The zero-order valence-electron chi connectivity index (χ0n) is 16.8. The number of hydrogen-bond acceptors (Lipinski definition) is 2. The molecule has 0 aromatic rings. The maximum atomic E-state index is 13.5. The molecule has 2 nitrogen and oxygen atoms in total. The number of rotatable bonds is 12. The Morgan fingerprint density at radius 3 is 0.800 bits per heavy atom. The van der Waals surface area contributed by atoms with E-state index in [9.17, 15) is 115 Å². The third-order valence-corrected chi connectivity index (χ3v) is 4.57. The molecule has 240 valence electrons. The number of carbonyl (C=O) groups is 1. The lowest BCUT2D eigenvalue weighted by atomic mass is 9.84. The second-order valence-corrected chi connectivity index (χ2v) is 7.03. The molecule has 0 aromatic carbocycles. The molecule has 0 N–H and O–H groups in total. The summed E-state index contributed by atoms with van der Waals surface area (Å²) < 4.78 is 326. The van der Waals surface area contributed by atoms with Crippen molar-refractivity contribution in [2.24, 2.45) is 0 Å². The lowest BCUT2D eigenvalue weighted by Crippen LogP contribution is -2.78. The normalized spacial score (nSPS) is 16.4. The van der Waals surface area contributed by atoms with E-state index < -0.39 is 77.5 Å². The summed E-state index contributed by atoms with van der Waals surface area (Å²) in [6, 6.07) is 0. The smallest absolute Gasteiger partial charge is 0.248 e. The van der Waals surface area contributed by atoms with Crippen molar-refractivity contribution in [2.45, 2.75) is 71.6 Å². The monoisotopic (exact) mass is 664 g/mol. The van der Waals surface area contributed by atoms with Gasteiger partial charge in [0.15, 0.2) is 0 Å². The van der Waals surface area contributed by atoms with E-state index in [1.807, 2.05) is 0 Å². The van der Waals surface area contributed by atoms with Gasteiger partial charge in [0, 0.05) is 4.53 Å². The molecule has 0 saturated carbocycles. The van der Waals surface area contributed by atoms with Crippen LogP contribution < -0.4 is 0 Å². The first kappa shape index (κ1) is 37.7. The highest BCUT2D eigenvalue weighted by Gasteiger charge is 2.99. The van der Waals surface area contributed by atoms with Gasteiger partial charge < -0.3 is 0 Å². The molecule has 40 heavy (non-hydrogen) atoms. The van der Waals surface area contributed by atoms with Crippen molar-refractivity contribution < 1.29 is 120 Å². The summed E-state index contributed by atoms with van der Waals surface area (Å²) in [5.74, 6) is -104. The minimum Gasteiger partial charge on any atom is -0.248 e. The second kappa shape index (κ2) is 9.37. The third kappa shape index (κ3) is 4.16. The van der Waals surface area contributed by atoms with Crippen LogP contribution in [0.4, 0.5) is 110 Å². The highest BCUT2D eigenvalue weighted by molar-refractivity contribution is 5.78. The first-order valence-corrected chi connectivity index (χ1v) is 8.20. The van der Waals surface area contributed by atoms with Crippen LogP contribution in [0, 0.1) is 0 Å². The van der Waals surface area contributed by atoms with Gasteiger partial charge in [0.1, 0.15) is 0 Å². The molecule has 0 aliphatic carbocycles. The van der Waals surface area contributed by atoms with Crippen LogP contribution in [0.5, 0.6) is 0 Å². The van der Waals surface area contributed by atoms with Crippen molar-refractivity contribution in [2.75, 3.05) is 0 Å². The molecule has 0 fully saturated rings. The third-order valence-electron chi connectivity index (χ3n) is 4.57. The van der Waals surface area contributed by atoms with Gasteiger partial charge in [-0.2, -0.15) is 96.6 Å². The van der Waals surface area contributed by atoms with E-state index in [-0.39, 0.29) is 0 Å². The highest BCUT2D eigenvalue weighted by Crippen LogP contribution is 2.67. The van der Waals surface area contributed by atoms with Crippen molar-refractivity contribution in [3.63, 3.8) is 0 Å². The average Bonchev–Trinajstić information content (AvgIpc) is 2.76. The molecular formula is C13HF25O2. The van der Waals surface area contributed by atoms with Crippen LogP contribution in [-0.4, -0.2) is 77.5 Å². The van der Waals surface area contributed by atoms with Crippen molar-refractivity contribution >= 4 is 5.97 Å². The van der Waals surface area contributed by atoms with Crippen molar-refractivity contribution in [3.05, 3.63) is 0 Å². The number of hydrogen-bond donors (Lipinski definition) is 0. The number of halogens is 25. The van der Waals surface area contributed by atoms with Crippen LogP contribution in [0.2, 0.25) is 0 Å². The maximum Gasteiger partial charge on any atom is 0.424 e. The van der Waals surface area contributed by atoms with Crippen LogP contribution in [0.3, 0.4) is 0 Å². The SMILES string of the molecule is O=C(OF)C(F)(F)C(F)(F)C(F)(F)C(F)(F)C(F)(F)C(F)(F)C(F)(F)C(F)(F)C(F)(F)C(F)(F)C(F)(F)C(F)F. The minimum atomic E-state index is -9.62. The molecule has 0 heterocycles. The van der Waals surface area contributed by atoms with Gasteiger partial charge in [0.05, 0.1) is 0 Å².